The fourth-order valence-electron chi connectivity index (χ4n) is 0.295. The van der Waals surface area contributed by atoms with Gasteiger partial charge in [0.2, 0.25) is 0 Å². The minimum atomic E-state index is 0.917. The molecule has 0 amide bonds. The Bertz CT molecular complexity index is 31.0. The molecule has 64 valence electrons. The van der Waals surface area contributed by atoms with Gasteiger partial charge in [-0.2, -0.15) is 0 Å². The fraction of sp³-hybridized carbons (Fsp3) is 1.00. The van der Waals surface area contributed by atoms with Crippen LogP contribution in [0.2, 0.25) is 0 Å². The highest BCUT2D eigenvalue weighted by molar-refractivity contribution is 7.99. The van der Waals surface area contributed by atoms with Crippen LogP contribution in [-0.4, -0.2) is 32.5 Å². The molecule has 0 saturated carbocycles. The van der Waals surface area contributed by atoms with E-state index >= 15 is 0 Å². The second-order valence-electron chi connectivity index (χ2n) is 1.34. The lowest BCUT2D eigenvalue weighted by molar-refractivity contribution is 0.217. The molecule has 1 aliphatic rings. The maximum Gasteiger partial charge on any atom is 0.0922 e. The van der Waals surface area contributed by atoms with Gasteiger partial charge in [0.25, 0.3) is 0 Å². The number of thioether (sulfide) groups is 1. The van der Waals surface area contributed by atoms with E-state index in [1.54, 1.807) is 14.2 Å². The monoisotopic (exact) mass is 166 g/mol. The van der Waals surface area contributed by atoms with E-state index in [1.807, 2.05) is 25.6 Å². The molecule has 0 spiro atoms. The quantitative estimate of drug-likeness (QED) is 0.548. The summed E-state index contributed by atoms with van der Waals surface area (Å²) < 4.78 is 9.16. The average molecular weight is 166 g/mol. The van der Waals surface area contributed by atoms with Crippen LogP contribution in [0.3, 0.4) is 0 Å². The van der Waals surface area contributed by atoms with E-state index in [1.165, 1.54) is 5.75 Å². The van der Waals surface area contributed by atoms with Gasteiger partial charge in [-0.1, -0.05) is 13.8 Å². The van der Waals surface area contributed by atoms with Crippen molar-refractivity contribution in [3.8, 4) is 0 Å². The lowest BCUT2D eigenvalue weighted by Gasteiger charge is -1.75. The zero-order chi connectivity index (χ0) is 8.24. The van der Waals surface area contributed by atoms with Gasteiger partial charge in [-0.25, -0.2) is 0 Å². The normalized spacial score (nSPS) is 14.4. The van der Waals surface area contributed by atoms with E-state index in [-0.39, 0.29) is 0 Å². The molecular weight excluding hydrogens is 148 g/mol. The summed E-state index contributed by atoms with van der Waals surface area (Å²) in [5, 5.41) is 0. The molecule has 0 N–H and O–H groups in total. The van der Waals surface area contributed by atoms with Gasteiger partial charge in [0, 0.05) is 20.0 Å². The smallest absolute Gasteiger partial charge is 0.0922 e. The standard InChI is InChI=1S/C3H6OS.C2H6O.C2H6/c1-2-5-3-4-1;1-3-2;1-2/h1-3H2;1-2H3;1-2H3. The summed E-state index contributed by atoms with van der Waals surface area (Å²) in [4.78, 5) is 0. The van der Waals surface area contributed by atoms with Gasteiger partial charge < -0.3 is 9.47 Å². The summed E-state index contributed by atoms with van der Waals surface area (Å²) in [6.45, 7) is 4.96. The predicted octanol–water partition coefficient (Wildman–Crippen LogP) is 2.00. The molecule has 1 aliphatic heterocycles. The molecular formula is C7H18O2S. The van der Waals surface area contributed by atoms with Crippen LogP contribution in [0.4, 0.5) is 0 Å². The molecule has 3 heteroatoms. The molecule has 0 aromatic heterocycles. The van der Waals surface area contributed by atoms with Crippen LogP contribution in [0, 0.1) is 0 Å². The first-order valence-corrected chi connectivity index (χ1v) is 4.63. The summed E-state index contributed by atoms with van der Waals surface area (Å²) in [5.74, 6) is 2.11. The Morgan fingerprint density at radius 3 is 1.90 bits per heavy atom. The first-order valence-electron chi connectivity index (χ1n) is 3.47. The van der Waals surface area contributed by atoms with Gasteiger partial charge in [-0.3, -0.25) is 0 Å². The first kappa shape index (κ1) is 12.9. The zero-order valence-corrected chi connectivity index (χ0v) is 8.16. The van der Waals surface area contributed by atoms with Crippen molar-refractivity contribution in [1.82, 2.24) is 0 Å². The van der Waals surface area contributed by atoms with Gasteiger partial charge >= 0.3 is 0 Å². The maximum atomic E-state index is 4.91. The van der Waals surface area contributed by atoms with Gasteiger partial charge in [-0.15, -0.1) is 11.8 Å². The van der Waals surface area contributed by atoms with E-state index in [0.29, 0.717) is 0 Å². The van der Waals surface area contributed by atoms with Crippen LogP contribution in [-0.2, 0) is 9.47 Å². The Kier molecular flexibility index (Phi) is 20.8. The van der Waals surface area contributed by atoms with Crippen molar-refractivity contribution < 1.29 is 9.47 Å². The Balaban J connectivity index is 0. The van der Waals surface area contributed by atoms with Crippen LogP contribution in [0.25, 0.3) is 0 Å². The summed E-state index contributed by atoms with van der Waals surface area (Å²) >= 11 is 1.85. The molecule has 10 heavy (non-hydrogen) atoms. The third-order valence-electron chi connectivity index (χ3n) is 0.539. The molecule has 2 nitrogen and oxygen atoms in total. The highest BCUT2D eigenvalue weighted by atomic mass is 32.2. The number of hydrogen-bond donors (Lipinski definition) is 0. The summed E-state index contributed by atoms with van der Waals surface area (Å²) in [6, 6.07) is 0. The van der Waals surface area contributed by atoms with E-state index in [4.69, 9.17) is 4.74 Å². The van der Waals surface area contributed by atoms with Crippen molar-refractivity contribution in [1.29, 1.82) is 0 Å². The van der Waals surface area contributed by atoms with Crippen molar-refractivity contribution in [3.63, 3.8) is 0 Å². The lowest BCUT2D eigenvalue weighted by atomic mass is 10.9. The Morgan fingerprint density at radius 2 is 1.80 bits per heavy atom. The fourth-order valence-corrected chi connectivity index (χ4v) is 0.884. The van der Waals surface area contributed by atoms with Crippen LogP contribution >= 0.6 is 11.8 Å². The third-order valence-corrected chi connectivity index (χ3v) is 1.33. The molecule has 1 heterocycles. The molecule has 1 fully saturated rings. The zero-order valence-electron chi connectivity index (χ0n) is 7.35. The number of rotatable bonds is 0. The first-order chi connectivity index (χ1) is 4.91. The van der Waals surface area contributed by atoms with Crippen molar-refractivity contribution >= 4 is 11.8 Å². The number of methoxy groups -OCH3 is 1. The maximum absolute atomic E-state index is 4.91. The van der Waals surface area contributed by atoms with Crippen molar-refractivity contribution in [2.75, 3.05) is 32.5 Å². The van der Waals surface area contributed by atoms with Crippen LogP contribution in [0.1, 0.15) is 13.8 Å². The predicted molar refractivity (Wildman–Crippen MR) is 47.6 cm³/mol. The van der Waals surface area contributed by atoms with Crippen molar-refractivity contribution in [3.05, 3.63) is 0 Å². The highest BCUT2D eigenvalue weighted by Crippen LogP contribution is 2.06. The molecule has 0 atom stereocenters. The topological polar surface area (TPSA) is 18.5 Å². The van der Waals surface area contributed by atoms with Crippen molar-refractivity contribution in [2.45, 2.75) is 13.8 Å². The molecule has 0 radical (unpaired) electrons. The van der Waals surface area contributed by atoms with Gasteiger partial charge in [-0.05, 0) is 0 Å². The number of ether oxygens (including phenoxy) is 2. The number of hydrogen-bond acceptors (Lipinski definition) is 3. The minimum absolute atomic E-state index is 0.917. The average Bonchev–Trinajstić information content (AvgIpc) is 2.48. The summed E-state index contributed by atoms with van der Waals surface area (Å²) in [6.07, 6.45) is 0. The Morgan fingerprint density at radius 1 is 1.30 bits per heavy atom. The van der Waals surface area contributed by atoms with Gasteiger partial charge in [0.1, 0.15) is 0 Å². The molecule has 0 bridgehead atoms. The third kappa shape index (κ3) is 15.7. The van der Waals surface area contributed by atoms with E-state index in [0.717, 1.165) is 12.5 Å². The second kappa shape index (κ2) is 16.1. The van der Waals surface area contributed by atoms with E-state index in [2.05, 4.69) is 4.74 Å². The second-order valence-corrected chi connectivity index (χ2v) is 2.39. The van der Waals surface area contributed by atoms with Crippen LogP contribution in [0.15, 0.2) is 0 Å². The largest absolute Gasteiger partial charge is 0.388 e. The van der Waals surface area contributed by atoms with Gasteiger partial charge in [0.15, 0.2) is 0 Å². The molecule has 0 aromatic rings. The van der Waals surface area contributed by atoms with E-state index in [9.17, 15) is 0 Å². The Labute approximate surface area is 68.3 Å². The molecule has 1 rings (SSSR count). The molecule has 0 unspecified atom stereocenters. The Hall–Kier alpha value is 0.270. The molecule has 0 aromatic carbocycles. The molecule has 1 saturated heterocycles. The van der Waals surface area contributed by atoms with E-state index < -0.39 is 0 Å². The molecule has 0 aliphatic carbocycles. The summed E-state index contributed by atoms with van der Waals surface area (Å²) in [5.41, 5.74) is 0. The SMILES string of the molecule is C1CSCO1.CC.COC. The minimum Gasteiger partial charge on any atom is -0.388 e. The van der Waals surface area contributed by atoms with Crippen LogP contribution in [0.5, 0.6) is 0 Å². The lowest BCUT2D eigenvalue weighted by Crippen LogP contribution is -1.77. The van der Waals surface area contributed by atoms with Crippen LogP contribution < -0.4 is 0 Å². The van der Waals surface area contributed by atoms with Gasteiger partial charge in [0.05, 0.1) is 12.5 Å². The summed E-state index contributed by atoms with van der Waals surface area (Å²) in [7, 11) is 3.25. The highest BCUT2D eigenvalue weighted by Gasteiger charge is 1.94. The van der Waals surface area contributed by atoms with Crippen molar-refractivity contribution in [2.24, 2.45) is 0 Å².